The van der Waals surface area contributed by atoms with E-state index in [1.165, 1.54) is 0 Å². The number of aliphatic carboxylic acids is 1. The average Bonchev–Trinajstić information content (AvgIpc) is 2.01. The lowest BCUT2D eigenvalue weighted by atomic mass is 10.2. The number of carbonyl (C=O) groups is 1. The minimum absolute atomic E-state index is 0.0553. The number of nitrogens with one attached hydrogen (secondary N) is 1. The molecule has 3 nitrogen and oxygen atoms in total. The standard InChI is InChI=1S/C8H16ClNO2/c1-2-3-4-5-7(9)10-6-8(11)12/h7,10H,2-6H2,1H3,(H,11,12). The molecule has 1 atom stereocenters. The smallest absolute Gasteiger partial charge is 0.317 e. The van der Waals surface area contributed by atoms with Gasteiger partial charge in [0.2, 0.25) is 0 Å². The van der Waals surface area contributed by atoms with E-state index in [1.807, 2.05) is 0 Å². The Balaban J connectivity index is 3.21. The second-order valence-electron chi connectivity index (χ2n) is 2.74. The maximum absolute atomic E-state index is 10.1. The molecule has 0 aromatic rings. The van der Waals surface area contributed by atoms with Crippen LogP contribution in [0.2, 0.25) is 0 Å². The number of hydrogen-bond donors (Lipinski definition) is 2. The molecule has 0 heterocycles. The highest BCUT2D eigenvalue weighted by Crippen LogP contribution is 2.05. The summed E-state index contributed by atoms with van der Waals surface area (Å²) in [5.41, 5.74) is -0.201. The van der Waals surface area contributed by atoms with E-state index in [0.29, 0.717) is 0 Å². The topological polar surface area (TPSA) is 49.3 Å². The molecule has 0 aromatic heterocycles. The van der Waals surface area contributed by atoms with Crippen LogP contribution in [0.15, 0.2) is 0 Å². The number of halogens is 1. The van der Waals surface area contributed by atoms with Gasteiger partial charge in [-0.15, -0.1) is 11.6 Å². The number of alkyl halides is 1. The van der Waals surface area contributed by atoms with E-state index in [-0.39, 0.29) is 12.0 Å². The summed E-state index contributed by atoms with van der Waals surface area (Å²) >= 11 is 5.79. The van der Waals surface area contributed by atoms with E-state index in [4.69, 9.17) is 16.7 Å². The van der Waals surface area contributed by atoms with Gasteiger partial charge in [0.25, 0.3) is 0 Å². The first kappa shape index (κ1) is 11.7. The first-order valence-electron chi connectivity index (χ1n) is 4.26. The molecule has 4 heteroatoms. The highest BCUT2D eigenvalue weighted by atomic mass is 35.5. The molecule has 0 saturated heterocycles. The Bertz CT molecular complexity index is 130. The number of hydrogen-bond acceptors (Lipinski definition) is 2. The fraction of sp³-hybridized carbons (Fsp3) is 0.875. The molecule has 0 amide bonds. The predicted molar refractivity (Wildman–Crippen MR) is 49.4 cm³/mol. The molecule has 0 aliphatic rings. The fourth-order valence-corrected chi connectivity index (χ4v) is 1.11. The van der Waals surface area contributed by atoms with Gasteiger partial charge in [-0.2, -0.15) is 0 Å². The van der Waals surface area contributed by atoms with Gasteiger partial charge in [-0.05, 0) is 6.42 Å². The zero-order valence-corrected chi connectivity index (χ0v) is 8.10. The Morgan fingerprint density at radius 1 is 1.58 bits per heavy atom. The first-order valence-corrected chi connectivity index (χ1v) is 4.69. The second-order valence-corrected chi connectivity index (χ2v) is 3.26. The lowest BCUT2D eigenvalue weighted by molar-refractivity contribution is -0.136. The SMILES string of the molecule is CCCCCC(Cl)NCC(=O)O. The largest absolute Gasteiger partial charge is 0.480 e. The van der Waals surface area contributed by atoms with Crippen molar-refractivity contribution in [2.45, 2.75) is 38.1 Å². The van der Waals surface area contributed by atoms with Crippen molar-refractivity contribution >= 4 is 17.6 Å². The third-order valence-electron chi connectivity index (χ3n) is 1.54. The van der Waals surface area contributed by atoms with E-state index in [0.717, 1.165) is 25.7 Å². The van der Waals surface area contributed by atoms with E-state index >= 15 is 0 Å². The van der Waals surface area contributed by atoms with E-state index in [9.17, 15) is 4.79 Å². The van der Waals surface area contributed by atoms with Crippen LogP contribution in [-0.2, 0) is 4.79 Å². The van der Waals surface area contributed by atoms with Gasteiger partial charge in [0.05, 0.1) is 12.0 Å². The van der Waals surface area contributed by atoms with Crippen LogP contribution in [0, 0.1) is 0 Å². The highest BCUT2D eigenvalue weighted by molar-refractivity contribution is 6.20. The number of carboxylic acid groups (broad SMARTS) is 1. The normalized spacial score (nSPS) is 12.8. The van der Waals surface area contributed by atoms with Crippen LogP contribution < -0.4 is 5.32 Å². The Hall–Kier alpha value is -0.280. The zero-order valence-electron chi connectivity index (χ0n) is 7.35. The molecule has 0 aliphatic heterocycles. The maximum atomic E-state index is 10.1. The molecule has 1 unspecified atom stereocenters. The van der Waals surface area contributed by atoms with Gasteiger partial charge in [0, 0.05) is 0 Å². The van der Waals surface area contributed by atoms with Crippen molar-refractivity contribution in [1.82, 2.24) is 5.32 Å². The molecule has 0 saturated carbocycles. The van der Waals surface area contributed by atoms with Gasteiger partial charge in [0.1, 0.15) is 0 Å². The van der Waals surface area contributed by atoms with Crippen molar-refractivity contribution in [2.75, 3.05) is 6.54 Å². The molecule has 0 bridgehead atoms. The molecule has 0 spiro atoms. The molecule has 12 heavy (non-hydrogen) atoms. The monoisotopic (exact) mass is 193 g/mol. The Morgan fingerprint density at radius 3 is 2.75 bits per heavy atom. The van der Waals surface area contributed by atoms with Crippen LogP contribution >= 0.6 is 11.6 Å². The summed E-state index contributed by atoms with van der Waals surface area (Å²) in [5, 5.41) is 11.0. The van der Waals surface area contributed by atoms with Crippen LogP contribution in [0.25, 0.3) is 0 Å². The summed E-state index contributed by atoms with van der Waals surface area (Å²) in [7, 11) is 0. The van der Waals surface area contributed by atoms with Crippen molar-refractivity contribution in [1.29, 1.82) is 0 Å². The number of carboxylic acids is 1. The average molecular weight is 194 g/mol. The van der Waals surface area contributed by atoms with Gasteiger partial charge in [-0.1, -0.05) is 26.2 Å². The van der Waals surface area contributed by atoms with Crippen LogP contribution in [0.3, 0.4) is 0 Å². The van der Waals surface area contributed by atoms with Gasteiger partial charge in [0.15, 0.2) is 0 Å². The summed E-state index contributed by atoms with van der Waals surface area (Å²) in [6, 6.07) is 0. The van der Waals surface area contributed by atoms with E-state index in [2.05, 4.69) is 12.2 Å². The van der Waals surface area contributed by atoms with Gasteiger partial charge in [-0.25, -0.2) is 0 Å². The fourth-order valence-electron chi connectivity index (χ4n) is 0.874. The summed E-state index contributed by atoms with van der Waals surface area (Å²) < 4.78 is 0. The summed E-state index contributed by atoms with van der Waals surface area (Å²) in [5.74, 6) is -0.865. The Morgan fingerprint density at radius 2 is 2.25 bits per heavy atom. The molecule has 2 N–H and O–H groups in total. The summed E-state index contributed by atoms with van der Waals surface area (Å²) in [6.45, 7) is 2.06. The van der Waals surface area contributed by atoms with Crippen molar-refractivity contribution in [3.05, 3.63) is 0 Å². The molecule has 0 aliphatic carbocycles. The Kier molecular flexibility index (Phi) is 7.20. The van der Waals surface area contributed by atoms with Gasteiger partial charge < -0.3 is 5.11 Å². The summed E-state index contributed by atoms with van der Waals surface area (Å²) in [4.78, 5) is 10.1. The number of rotatable bonds is 7. The van der Waals surface area contributed by atoms with Gasteiger partial charge >= 0.3 is 5.97 Å². The van der Waals surface area contributed by atoms with Crippen molar-refractivity contribution in [3.8, 4) is 0 Å². The molecule has 0 fully saturated rings. The molecular formula is C8H16ClNO2. The Labute approximate surface area is 78.1 Å². The molecule has 0 rings (SSSR count). The quantitative estimate of drug-likeness (QED) is 0.368. The predicted octanol–water partition coefficient (Wildman–Crippen LogP) is 1.81. The van der Waals surface area contributed by atoms with Crippen molar-refractivity contribution < 1.29 is 9.90 Å². The summed E-state index contributed by atoms with van der Waals surface area (Å²) in [6.07, 6.45) is 4.19. The maximum Gasteiger partial charge on any atom is 0.317 e. The van der Waals surface area contributed by atoms with Crippen LogP contribution in [0.4, 0.5) is 0 Å². The first-order chi connectivity index (χ1) is 5.66. The molecule has 0 radical (unpaired) electrons. The van der Waals surface area contributed by atoms with E-state index in [1.54, 1.807) is 0 Å². The van der Waals surface area contributed by atoms with E-state index < -0.39 is 5.97 Å². The minimum Gasteiger partial charge on any atom is -0.480 e. The lowest BCUT2D eigenvalue weighted by Gasteiger charge is -2.08. The minimum atomic E-state index is -0.865. The third-order valence-corrected chi connectivity index (χ3v) is 1.91. The zero-order chi connectivity index (χ0) is 9.40. The third kappa shape index (κ3) is 7.82. The van der Waals surface area contributed by atoms with Crippen LogP contribution in [-0.4, -0.2) is 23.1 Å². The van der Waals surface area contributed by atoms with Crippen LogP contribution in [0.1, 0.15) is 32.6 Å². The molecular weight excluding hydrogens is 178 g/mol. The second kappa shape index (κ2) is 7.37. The van der Waals surface area contributed by atoms with Gasteiger partial charge in [-0.3, -0.25) is 10.1 Å². The van der Waals surface area contributed by atoms with Crippen molar-refractivity contribution in [2.24, 2.45) is 0 Å². The molecule has 0 aromatic carbocycles. The van der Waals surface area contributed by atoms with Crippen LogP contribution in [0.5, 0.6) is 0 Å². The highest BCUT2D eigenvalue weighted by Gasteiger charge is 2.04. The molecule has 72 valence electrons. The number of unbranched alkanes of at least 4 members (excludes halogenated alkanes) is 2. The van der Waals surface area contributed by atoms with Crippen molar-refractivity contribution in [3.63, 3.8) is 0 Å². The lowest BCUT2D eigenvalue weighted by Crippen LogP contribution is -2.29.